The highest BCUT2D eigenvalue weighted by Crippen LogP contribution is 2.21. The van der Waals surface area contributed by atoms with Crippen molar-refractivity contribution < 1.29 is 9.53 Å². The van der Waals surface area contributed by atoms with Crippen molar-refractivity contribution in [3.63, 3.8) is 0 Å². The van der Waals surface area contributed by atoms with E-state index in [1.807, 2.05) is 18.2 Å². The summed E-state index contributed by atoms with van der Waals surface area (Å²) >= 11 is 3.29. The normalized spacial score (nSPS) is 22.4. The van der Waals surface area contributed by atoms with Crippen molar-refractivity contribution in [2.45, 2.75) is 12.3 Å². The molecule has 0 aliphatic carbocycles. The van der Waals surface area contributed by atoms with E-state index < -0.39 is 0 Å². The summed E-state index contributed by atoms with van der Waals surface area (Å²) in [6, 6.07) is 5.59. The van der Waals surface area contributed by atoms with Crippen molar-refractivity contribution in [3.8, 4) is 0 Å². The Labute approximate surface area is 90.6 Å². The Morgan fingerprint density at radius 1 is 1.50 bits per heavy atom. The van der Waals surface area contributed by atoms with E-state index in [0.29, 0.717) is 19.6 Å². The van der Waals surface area contributed by atoms with Gasteiger partial charge in [0.15, 0.2) is 0 Å². The SMILES string of the molecule is O=C1CCOCC1c1cccc(Br)n1. The van der Waals surface area contributed by atoms with Crippen LogP contribution in [0.3, 0.4) is 0 Å². The van der Waals surface area contributed by atoms with E-state index >= 15 is 0 Å². The van der Waals surface area contributed by atoms with Gasteiger partial charge in [0.2, 0.25) is 0 Å². The number of carbonyl (C=O) groups is 1. The molecule has 1 fully saturated rings. The number of pyridine rings is 1. The Morgan fingerprint density at radius 3 is 3.07 bits per heavy atom. The van der Waals surface area contributed by atoms with E-state index in [-0.39, 0.29) is 11.7 Å². The van der Waals surface area contributed by atoms with Crippen molar-refractivity contribution in [2.24, 2.45) is 0 Å². The van der Waals surface area contributed by atoms with Crippen LogP contribution in [0, 0.1) is 0 Å². The van der Waals surface area contributed by atoms with Crippen molar-refractivity contribution in [2.75, 3.05) is 13.2 Å². The third-order valence-electron chi connectivity index (χ3n) is 2.26. The quantitative estimate of drug-likeness (QED) is 0.720. The molecule has 0 aromatic carbocycles. The molecule has 0 bridgehead atoms. The number of nitrogens with zero attached hydrogens (tertiary/aromatic N) is 1. The lowest BCUT2D eigenvalue weighted by atomic mass is 9.96. The van der Waals surface area contributed by atoms with Gasteiger partial charge in [0, 0.05) is 6.42 Å². The second-order valence-corrected chi connectivity index (χ2v) is 4.04. The first-order valence-corrected chi connectivity index (χ1v) is 5.29. The molecule has 1 aliphatic rings. The smallest absolute Gasteiger partial charge is 0.146 e. The fourth-order valence-electron chi connectivity index (χ4n) is 1.51. The maximum absolute atomic E-state index is 11.6. The number of ether oxygens (including phenoxy) is 1. The van der Waals surface area contributed by atoms with Crippen LogP contribution >= 0.6 is 15.9 Å². The number of halogens is 1. The number of Topliss-reactive ketones (excluding diaryl/α,β-unsaturated/α-hetero) is 1. The predicted octanol–water partition coefficient (Wildman–Crippen LogP) is 1.92. The van der Waals surface area contributed by atoms with Crippen molar-refractivity contribution in [3.05, 3.63) is 28.5 Å². The molecule has 0 N–H and O–H groups in total. The Bertz CT molecular complexity index is 354. The molecule has 3 nitrogen and oxygen atoms in total. The van der Waals surface area contributed by atoms with Crippen LogP contribution in [0.25, 0.3) is 0 Å². The number of hydrogen-bond donors (Lipinski definition) is 0. The minimum absolute atomic E-state index is 0.179. The lowest BCUT2D eigenvalue weighted by molar-refractivity contribution is -0.126. The van der Waals surface area contributed by atoms with Gasteiger partial charge in [-0.05, 0) is 28.1 Å². The van der Waals surface area contributed by atoms with Gasteiger partial charge < -0.3 is 4.74 Å². The summed E-state index contributed by atoms with van der Waals surface area (Å²) < 4.78 is 6.03. The lowest BCUT2D eigenvalue weighted by Crippen LogP contribution is -2.26. The van der Waals surface area contributed by atoms with E-state index in [0.717, 1.165) is 10.3 Å². The van der Waals surface area contributed by atoms with Crippen LogP contribution in [-0.2, 0) is 9.53 Å². The molecule has 2 rings (SSSR count). The van der Waals surface area contributed by atoms with E-state index in [1.165, 1.54) is 0 Å². The first kappa shape index (κ1) is 9.80. The average Bonchev–Trinajstić information content (AvgIpc) is 2.18. The molecule has 1 saturated heterocycles. The predicted molar refractivity (Wildman–Crippen MR) is 55.1 cm³/mol. The molecule has 74 valence electrons. The number of aromatic nitrogens is 1. The molecule has 1 aromatic rings. The zero-order valence-corrected chi connectivity index (χ0v) is 9.16. The number of rotatable bonds is 1. The van der Waals surface area contributed by atoms with Gasteiger partial charge in [-0.25, -0.2) is 4.98 Å². The second-order valence-electron chi connectivity index (χ2n) is 3.23. The average molecular weight is 256 g/mol. The van der Waals surface area contributed by atoms with Gasteiger partial charge in [0.05, 0.1) is 24.8 Å². The summed E-state index contributed by atoms with van der Waals surface area (Å²) in [6.07, 6.45) is 0.499. The molecule has 14 heavy (non-hydrogen) atoms. The minimum atomic E-state index is -0.179. The number of ketones is 1. The highest BCUT2D eigenvalue weighted by atomic mass is 79.9. The monoisotopic (exact) mass is 255 g/mol. The first-order chi connectivity index (χ1) is 6.77. The molecule has 0 saturated carbocycles. The summed E-state index contributed by atoms with van der Waals surface area (Å²) in [5.41, 5.74) is 0.795. The highest BCUT2D eigenvalue weighted by Gasteiger charge is 2.25. The highest BCUT2D eigenvalue weighted by molar-refractivity contribution is 9.10. The van der Waals surface area contributed by atoms with Crippen LogP contribution in [0.5, 0.6) is 0 Å². The van der Waals surface area contributed by atoms with Gasteiger partial charge in [0.1, 0.15) is 10.4 Å². The van der Waals surface area contributed by atoms with Crippen LogP contribution in [-0.4, -0.2) is 24.0 Å². The van der Waals surface area contributed by atoms with Crippen molar-refractivity contribution in [1.29, 1.82) is 0 Å². The molecule has 4 heteroatoms. The standard InChI is InChI=1S/C10H10BrNO2/c11-10-3-1-2-8(12-10)7-6-14-5-4-9(7)13/h1-3,7H,4-6H2. The maximum atomic E-state index is 11.6. The second kappa shape index (κ2) is 4.19. The van der Waals surface area contributed by atoms with Crippen LogP contribution in [0.15, 0.2) is 22.8 Å². The van der Waals surface area contributed by atoms with E-state index in [1.54, 1.807) is 0 Å². The molecule has 1 aliphatic heterocycles. The molecule has 0 spiro atoms. The molecule has 0 amide bonds. The zero-order valence-electron chi connectivity index (χ0n) is 7.57. The van der Waals surface area contributed by atoms with Crippen LogP contribution in [0.1, 0.15) is 18.0 Å². The van der Waals surface area contributed by atoms with Crippen molar-refractivity contribution in [1.82, 2.24) is 4.98 Å². The summed E-state index contributed by atoms with van der Waals surface area (Å²) in [7, 11) is 0. The summed E-state index contributed by atoms with van der Waals surface area (Å²) in [5.74, 6) is 0.0445. The van der Waals surface area contributed by atoms with Crippen LogP contribution in [0.4, 0.5) is 0 Å². The summed E-state index contributed by atoms with van der Waals surface area (Å²) in [6.45, 7) is 1.01. The molecule has 2 heterocycles. The Hall–Kier alpha value is -0.740. The minimum Gasteiger partial charge on any atom is -0.380 e. The third-order valence-corrected chi connectivity index (χ3v) is 2.70. The van der Waals surface area contributed by atoms with Crippen LogP contribution in [0.2, 0.25) is 0 Å². The van der Waals surface area contributed by atoms with E-state index in [9.17, 15) is 4.79 Å². The van der Waals surface area contributed by atoms with Crippen molar-refractivity contribution >= 4 is 21.7 Å². The van der Waals surface area contributed by atoms with Gasteiger partial charge in [-0.15, -0.1) is 0 Å². The summed E-state index contributed by atoms with van der Waals surface area (Å²) in [5, 5.41) is 0. The topological polar surface area (TPSA) is 39.2 Å². The van der Waals surface area contributed by atoms with E-state index in [4.69, 9.17) is 4.74 Å². The van der Waals surface area contributed by atoms with Crippen LogP contribution < -0.4 is 0 Å². The lowest BCUT2D eigenvalue weighted by Gasteiger charge is -2.20. The van der Waals surface area contributed by atoms with Gasteiger partial charge in [-0.2, -0.15) is 0 Å². The Kier molecular flexibility index (Phi) is 2.93. The molecule has 1 atom stereocenters. The Balaban J connectivity index is 2.24. The number of carbonyl (C=O) groups excluding carboxylic acids is 1. The molecule has 1 aromatic heterocycles. The van der Waals surface area contributed by atoms with Gasteiger partial charge in [-0.1, -0.05) is 6.07 Å². The third kappa shape index (κ3) is 2.01. The Morgan fingerprint density at radius 2 is 2.36 bits per heavy atom. The summed E-state index contributed by atoms with van der Waals surface area (Å²) in [4.78, 5) is 15.8. The fraction of sp³-hybridized carbons (Fsp3) is 0.400. The first-order valence-electron chi connectivity index (χ1n) is 4.50. The molecule has 0 radical (unpaired) electrons. The van der Waals surface area contributed by atoms with Gasteiger partial charge in [-0.3, -0.25) is 4.79 Å². The fourth-order valence-corrected chi connectivity index (χ4v) is 1.87. The largest absolute Gasteiger partial charge is 0.380 e. The maximum Gasteiger partial charge on any atom is 0.146 e. The molecule has 1 unspecified atom stereocenters. The molecular formula is C10H10BrNO2. The van der Waals surface area contributed by atoms with Gasteiger partial charge >= 0.3 is 0 Å². The van der Waals surface area contributed by atoms with Gasteiger partial charge in [0.25, 0.3) is 0 Å². The van der Waals surface area contributed by atoms with E-state index in [2.05, 4.69) is 20.9 Å². The zero-order chi connectivity index (χ0) is 9.97. The molecular weight excluding hydrogens is 246 g/mol. The number of hydrogen-bond acceptors (Lipinski definition) is 3.